The first-order valence-corrected chi connectivity index (χ1v) is 11.9. The van der Waals surface area contributed by atoms with Crippen LogP contribution in [0.2, 0.25) is 0 Å². The highest BCUT2D eigenvalue weighted by Gasteiger charge is 2.20. The second-order valence-corrected chi connectivity index (χ2v) is 9.09. The fourth-order valence-corrected chi connectivity index (χ4v) is 4.33. The van der Waals surface area contributed by atoms with Gasteiger partial charge < -0.3 is 14.6 Å². The van der Waals surface area contributed by atoms with Crippen LogP contribution in [0.15, 0.2) is 60.7 Å². The maximum absolute atomic E-state index is 13.0. The molecule has 0 saturated carbocycles. The van der Waals surface area contributed by atoms with E-state index in [1.807, 2.05) is 57.2 Å². The van der Waals surface area contributed by atoms with Gasteiger partial charge in [-0.1, -0.05) is 42.0 Å². The number of carbonyl (C=O) groups excluding carboxylic acids is 1. The summed E-state index contributed by atoms with van der Waals surface area (Å²) in [6.07, 6.45) is 0.832. The lowest BCUT2D eigenvalue weighted by molar-refractivity contribution is 0.0937. The Labute approximate surface area is 201 Å². The largest absolute Gasteiger partial charge is 0.493 e. The van der Waals surface area contributed by atoms with E-state index >= 15 is 0 Å². The van der Waals surface area contributed by atoms with Crippen molar-refractivity contribution >= 4 is 16.9 Å². The minimum Gasteiger partial charge on any atom is -0.493 e. The van der Waals surface area contributed by atoms with E-state index in [1.165, 1.54) is 5.56 Å². The first-order chi connectivity index (χ1) is 16.3. The van der Waals surface area contributed by atoms with E-state index < -0.39 is 0 Å². The molecule has 0 aliphatic carbocycles. The van der Waals surface area contributed by atoms with Gasteiger partial charge in [0.1, 0.15) is 11.6 Å². The van der Waals surface area contributed by atoms with Gasteiger partial charge in [-0.15, -0.1) is 0 Å². The lowest BCUT2D eigenvalue weighted by Crippen LogP contribution is -2.29. The van der Waals surface area contributed by atoms with Crippen molar-refractivity contribution in [1.29, 1.82) is 0 Å². The molecule has 4 rings (SSSR count). The van der Waals surface area contributed by atoms with Crippen LogP contribution in [0.3, 0.4) is 0 Å². The van der Waals surface area contributed by atoms with E-state index in [0.29, 0.717) is 12.2 Å². The molecule has 0 aliphatic rings. The van der Waals surface area contributed by atoms with Crippen molar-refractivity contribution in [1.82, 2.24) is 14.9 Å². The van der Waals surface area contributed by atoms with Crippen molar-refractivity contribution in [3.63, 3.8) is 0 Å². The van der Waals surface area contributed by atoms with Gasteiger partial charge in [0.2, 0.25) is 0 Å². The van der Waals surface area contributed by atoms with Crippen LogP contribution in [0.1, 0.15) is 57.8 Å². The quantitative estimate of drug-likeness (QED) is 0.320. The topological polar surface area (TPSA) is 56.2 Å². The van der Waals surface area contributed by atoms with E-state index in [4.69, 9.17) is 9.72 Å². The van der Waals surface area contributed by atoms with Crippen LogP contribution in [-0.2, 0) is 6.54 Å². The Morgan fingerprint density at radius 2 is 1.71 bits per heavy atom. The second kappa shape index (κ2) is 10.1. The fraction of sp³-hybridized carbons (Fsp3) is 0.310. The summed E-state index contributed by atoms with van der Waals surface area (Å²) in [4.78, 5) is 17.9. The number of ether oxygens (including phenoxy) is 1. The number of rotatable bonds is 8. The smallest absolute Gasteiger partial charge is 0.252 e. The Morgan fingerprint density at radius 1 is 0.971 bits per heavy atom. The summed E-state index contributed by atoms with van der Waals surface area (Å²) < 4.78 is 8.27. The van der Waals surface area contributed by atoms with Gasteiger partial charge in [-0.05, 0) is 82.0 Å². The summed E-state index contributed by atoms with van der Waals surface area (Å²) in [5.74, 6) is 1.71. The molecular weight excluding hydrogens is 422 g/mol. The number of amides is 1. The average molecular weight is 456 g/mol. The Hall–Kier alpha value is -3.60. The molecule has 4 aromatic rings. The SMILES string of the molecule is Cc1ccc(C(=O)NC(C)c2nc3ccccc3n2CCCOc2cc(C)ccc2C)c(C)c1. The molecule has 1 N–H and O–H groups in total. The van der Waals surface area contributed by atoms with Crippen LogP contribution >= 0.6 is 0 Å². The zero-order chi connectivity index (χ0) is 24.2. The Balaban J connectivity index is 1.50. The maximum Gasteiger partial charge on any atom is 0.252 e. The number of aromatic nitrogens is 2. The lowest BCUT2D eigenvalue weighted by Gasteiger charge is -2.17. The minimum absolute atomic E-state index is 0.0816. The third-order valence-corrected chi connectivity index (χ3v) is 6.17. The molecule has 0 aliphatic heterocycles. The van der Waals surface area contributed by atoms with Gasteiger partial charge in [0.25, 0.3) is 5.91 Å². The predicted molar refractivity (Wildman–Crippen MR) is 138 cm³/mol. The second-order valence-electron chi connectivity index (χ2n) is 9.09. The Morgan fingerprint density at radius 3 is 2.50 bits per heavy atom. The molecule has 5 heteroatoms. The van der Waals surface area contributed by atoms with Gasteiger partial charge in [0, 0.05) is 12.1 Å². The predicted octanol–water partition coefficient (Wildman–Crippen LogP) is 6.23. The van der Waals surface area contributed by atoms with Crippen LogP contribution in [-0.4, -0.2) is 22.1 Å². The van der Waals surface area contributed by atoms with Gasteiger partial charge in [-0.25, -0.2) is 4.98 Å². The van der Waals surface area contributed by atoms with Crippen LogP contribution in [0.4, 0.5) is 0 Å². The molecule has 1 amide bonds. The number of imidazole rings is 1. The van der Waals surface area contributed by atoms with Gasteiger partial charge in [0.15, 0.2) is 0 Å². The summed E-state index contributed by atoms with van der Waals surface area (Å²) >= 11 is 0. The highest BCUT2D eigenvalue weighted by molar-refractivity contribution is 5.96. The number of nitrogens with zero attached hydrogens (tertiary/aromatic N) is 2. The first kappa shape index (κ1) is 23.6. The molecule has 0 bridgehead atoms. The standard InChI is InChI=1S/C29H33N3O2/c1-19-12-14-24(22(4)17-19)29(33)30-23(5)28-31-25-9-6-7-10-26(25)32(28)15-8-16-34-27-18-20(2)11-13-21(27)3/h6-7,9-14,17-18,23H,8,15-16H2,1-5H3,(H,30,33). The number of nitrogens with one attached hydrogen (secondary N) is 1. The number of hydrogen-bond donors (Lipinski definition) is 1. The van der Waals surface area contributed by atoms with Gasteiger partial charge >= 0.3 is 0 Å². The number of aryl methyl sites for hydroxylation is 5. The average Bonchev–Trinajstić information content (AvgIpc) is 3.17. The zero-order valence-electron chi connectivity index (χ0n) is 20.7. The molecule has 0 spiro atoms. The van der Waals surface area contributed by atoms with E-state index in [0.717, 1.165) is 52.3 Å². The molecular formula is C29H33N3O2. The zero-order valence-corrected chi connectivity index (χ0v) is 20.7. The molecule has 0 radical (unpaired) electrons. The third kappa shape index (κ3) is 5.14. The number of carbonyl (C=O) groups is 1. The van der Waals surface area contributed by atoms with Crippen molar-refractivity contribution in [3.05, 3.63) is 94.3 Å². The van der Waals surface area contributed by atoms with E-state index in [1.54, 1.807) is 0 Å². The van der Waals surface area contributed by atoms with Crippen LogP contribution in [0.5, 0.6) is 5.75 Å². The van der Waals surface area contributed by atoms with Crippen LogP contribution in [0.25, 0.3) is 11.0 Å². The van der Waals surface area contributed by atoms with E-state index in [2.05, 4.69) is 48.0 Å². The first-order valence-electron chi connectivity index (χ1n) is 11.9. The summed E-state index contributed by atoms with van der Waals surface area (Å²) in [5, 5.41) is 3.15. The van der Waals surface area contributed by atoms with Crippen molar-refractivity contribution in [2.45, 2.75) is 53.6 Å². The molecule has 1 heterocycles. The Kier molecular flexibility index (Phi) is 7.01. The molecule has 176 valence electrons. The highest BCUT2D eigenvalue weighted by atomic mass is 16.5. The molecule has 1 aromatic heterocycles. The molecule has 3 aromatic carbocycles. The number of fused-ring (bicyclic) bond motifs is 1. The normalized spacial score (nSPS) is 12.0. The summed E-state index contributed by atoms with van der Waals surface area (Å²) in [6, 6.07) is 20.0. The number of benzene rings is 3. The molecule has 0 fully saturated rings. The number of hydrogen-bond acceptors (Lipinski definition) is 3. The molecule has 34 heavy (non-hydrogen) atoms. The van der Waals surface area contributed by atoms with Crippen molar-refractivity contribution in [2.24, 2.45) is 0 Å². The van der Waals surface area contributed by atoms with Crippen LogP contribution < -0.4 is 10.1 Å². The molecule has 1 atom stereocenters. The number of para-hydroxylation sites is 2. The minimum atomic E-state index is -0.236. The van der Waals surface area contributed by atoms with E-state index in [-0.39, 0.29) is 11.9 Å². The summed E-state index contributed by atoms with van der Waals surface area (Å²) in [7, 11) is 0. The van der Waals surface area contributed by atoms with Crippen molar-refractivity contribution in [2.75, 3.05) is 6.61 Å². The summed E-state index contributed by atoms with van der Waals surface area (Å²) in [5.41, 5.74) is 7.15. The molecule has 5 nitrogen and oxygen atoms in total. The van der Waals surface area contributed by atoms with Crippen molar-refractivity contribution in [3.8, 4) is 5.75 Å². The maximum atomic E-state index is 13.0. The molecule has 1 unspecified atom stereocenters. The lowest BCUT2D eigenvalue weighted by atomic mass is 10.0. The van der Waals surface area contributed by atoms with Crippen LogP contribution in [0, 0.1) is 27.7 Å². The van der Waals surface area contributed by atoms with Gasteiger partial charge in [0.05, 0.1) is 23.7 Å². The monoisotopic (exact) mass is 455 g/mol. The highest BCUT2D eigenvalue weighted by Crippen LogP contribution is 2.23. The van der Waals surface area contributed by atoms with Gasteiger partial charge in [-0.3, -0.25) is 4.79 Å². The molecule has 0 saturated heterocycles. The van der Waals surface area contributed by atoms with Gasteiger partial charge in [-0.2, -0.15) is 0 Å². The Bertz CT molecular complexity index is 1320. The van der Waals surface area contributed by atoms with E-state index in [9.17, 15) is 4.79 Å². The van der Waals surface area contributed by atoms with Crippen molar-refractivity contribution < 1.29 is 9.53 Å². The fourth-order valence-electron chi connectivity index (χ4n) is 4.33. The summed E-state index contributed by atoms with van der Waals surface area (Å²) in [6.45, 7) is 11.5. The third-order valence-electron chi connectivity index (χ3n) is 6.17.